The number of ether oxygens (including phenoxy) is 1. The lowest BCUT2D eigenvalue weighted by Gasteiger charge is -2.41. The molecule has 3 N–H and O–H groups in total. The minimum atomic E-state index is -0.732. The molecule has 1 saturated heterocycles. The normalized spacial score (nSPS) is 24.8. The summed E-state index contributed by atoms with van der Waals surface area (Å²) < 4.78 is 4.91. The molecule has 0 aromatic heterocycles. The van der Waals surface area contributed by atoms with E-state index in [1.807, 2.05) is 0 Å². The van der Waals surface area contributed by atoms with E-state index in [9.17, 15) is 5.11 Å². The van der Waals surface area contributed by atoms with Crippen LogP contribution in [-0.4, -0.2) is 30.0 Å². The molecule has 0 aliphatic carbocycles. The lowest BCUT2D eigenvalue weighted by molar-refractivity contribution is -0.191. The van der Waals surface area contributed by atoms with Crippen molar-refractivity contribution in [2.24, 2.45) is 11.7 Å². The summed E-state index contributed by atoms with van der Waals surface area (Å²) in [5.41, 5.74) is 5.05. The lowest BCUT2D eigenvalue weighted by atomic mass is 9.87. The monoisotopic (exact) mass is 159 g/mol. The van der Waals surface area contributed by atoms with Gasteiger partial charge in [-0.25, -0.2) is 0 Å². The van der Waals surface area contributed by atoms with Crippen LogP contribution in [0, 0.1) is 5.92 Å². The molecule has 0 unspecified atom stereocenters. The smallest absolute Gasteiger partial charge is 0.126 e. The highest BCUT2D eigenvalue weighted by atomic mass is 16.5. The summed E-state index contributed by atoms with van der Waals surface area (Å²) >= 11 is 0. The van der Waals surface area contributed by atoms with E-state index in [-0.39, 0.29) is 6.04 Å². The maximum Gasteiger partial charge on any atom is 0.126 e. The molecular formula is C8H17NO2. The van der Waals surface area contributed by atoms with Gasteiger partial charge in [-0.2, -0.15) is 0 Å². The Labute approximate surface area is 67.5 Å². The molecule has 1 atom stereocenters. The van der Waals surface area contributed by atoms with Crippen LogP contribution in [0.1, 0.15) is 20.3 Å². The topological polar surface area (TPSA) is 55.5 Å². The summed E-state index contributed by atoms with van der Waals surface area (Å²) in [6.45, 7) is 5.01. The molecule has 3 heteroatoms. The summed E-state index contributed by atoms with van der Waals surface area (Å²) in [7, 11) is 0. The Hall–Kier alpha value is -0.120. The second-order valence-corrected chi connectivity index (χ2v) is 3.83. The summed E-state index contributed by atoms with van der Waals surface area (Å²) in [5.74, 6) is 0.537. The summed E-state index contributed by atoms with van der Waals surface area (Å²) in [4.78, 5) is 0. The molecule has 0 bridgehead atoms. The number of hydrogen-bond donors (Lipinski definition) is 2. The molecule has 1 fully saturated rings. The average Bonchev–Trinajstić information content (AvgIpc) is 1.81. The van der Waals surface area contributed by atoms with Crippen LogP contribution in [0.2, 0.25) is 0 Å². The molecule has 1 aliphatic heterocycles. The van der Waals surface area contributed by atoms with Crippen LogP contribution >= 0.6 is 0 Å². The molecule has 3 nitrogen and oxygen atoms in total. The first-order valence-corrected chi connectivity index (χ1v) is 4.10. The molecule has 11 heavy (non-hydrogen) atoms. The molecule has 1 heterocycles. The van der Waals surface area contributed by atoms with Gasteiger partial charge in [0.05, 0.1) is 13.2 Å². The van der Waals surface area contributed by atoms with Crippen molar-refractivity contribution in [2.45, 2.75) is 31.9 Å². The highest BCUT2D eigenvalue weighted by molar-refractivity contribution is 4.95. The average molecular weight is 159 g/mol. The number of hydrogen-bond acceptors (Lipinski definition) is 3. The van der Waals surface area contributed by atoms with Gasteiger partial charge in [-0.15, -0.1) is 0 Å². The molecule has 1 aliphatic rings. The predicted molar refractivity (Wildman–Crippen MR) is 43.2 cm³/mol. The van der Waals surface area contributed by atoms with Gasteiger partial charge in [-0.05, 0) is 12.3 Å². The van der Waals surface area contributed by atoms with Crippen molar-refractivity contribution in [3.8, 4) is 0 Å². The lowest BCUT2D eigenvalue weighted by Crippen LogP contribution is -2.61. The van der Waals surface area contributed by atoms with Gasteiger partial charge >= 0.3 is 0 Å². The fraction of sp³-hybridized carbons (Fsp3) is 1.00. The van der Waals surface area contributed by atoms with Crippen molar-refractivity contribution in [3.63, 3.8) is 0 Å². The van der Waals surface area contributed by atoms with Crippen LogP contribution in [0.25, 0.3) is 0 Å². The number of rotatable bonds is 3. The van der Waals surface area contributed by atoms with Crippen molar-refractivity contribution < 1.29 is 9.84 Å². The summed E-state index contributed by atoms with van der Waals surface area (Å²) in [6.07, 6.45) is 0.861. The Morgan fingerprint density at radius 3 is 2.36 bits per heavy atom. The molecule has 0 spiro atoms. The third-order valence-electron chi connectivity index (χ3n) is 2.12. The van der Waals surface area contributed by atoms with E-state index >= 15 is 0 Å². The van der Waals surface area contributed by atoms with Crippen LogP contribution in [0.4, 0.5) is 0 Å². The maximum absolute atomic E-state index is 9.68. The minimum absolute atomic E-state index is 0.128. The standard InChI is InChI=1S/C8H17NO2/c1-6(2)3-7(9)8(10)4-11-5-8/h6-7,10H,3-5,9H2,1-2H3/t7-/m0/s1. The van der Waals surface area contributed by atoms with Crippen LogP contribution < -0.4 is 5.73 Å². The molecule has 1 rings (SSSR count). The zero-order valence-corrected chi connectivity index (χ0v) is 7.21. The van der Waals surface area contributed by atoms with Crippen LogP contribution in [0.5, 0.6) is 0 Å². The third kappa shape index (κ3) is 1.92. The van der Waals surface area contributed by atoms with Crippen molar-refractivity contribution in [2.75, 3.05) is 13.2 Å². The Morgan fingerprint density at radius 2 is 2.09 bits per heavy atom. The molecule has 0 radical (unpaired) electrons. The SMILES string of the molecule is CC(C)C[C@H](N)C1(O)COC1. The molecule has 0 amide bonds. The highest BCUT2D eigenvalue weighted by Crippen LogP contribution is 2.23. The second kappa shape index (κ2) is 3.09. The van der Waals surface area contributed by atoms with Gasteiger partial charge in [0.2, 0.25) is 0 Å². The van der Waals surface area contributed by atoms with Crippen LogP contribution in [0.15, 0.2) is 0 Å². The van der Waals surface area contributed by atoms with E-state index in [0.29, 0.717) is 19.1 Å². The van der Waals surface area contributed by atoms with E-state index in [4.69, 9.17) is 10.5 Å². The first-order valence-electron chi connectivity index (χ1n) is 4.10. The Morgan fingerprint density at radius 1 is 1.55 bits per heavy atom. The van der Waals surface area contributed by atoms with E-state index in [1.54, 1.807) is 0 Å². The van der Waals surface area contributed by atoms with Crippen LogP contribution in [-0.2, 0) is 4.74 Å². The number of aliphatic hydroxyl groups is 1. The van der Waals surface area contributed by atoms with Gasteiger partial charge in [-0.3, -0.25) is 0 Å². The quantitative estimate of drug-likeness (QED) is 0.615. The summed E-state index contributed by atoms with van der Waals surface area (Å²) in [6, 6.07) is -0.128. The van der Waals surface area contributed by atoms with Gasteiger partial charge in [-0.1, -0.05) is 13.8 Å². The predicted octanol–water partition coefficient (Wildman–Crippen LogP) is 0.121. The zero-order chi connectivity index (χ0) is 8.48. The molecule has 66 valence electrons. The first kappa shape index (κ1) is 8.97. The highest BCUT2D eigenvalue weighted by Gasteiger charge is 2.41. The van der Waals surface area contributed by atoms with E-state index in [1.165, 1.54) is 0 Å². The van der Waals surface area contributed by atoms with Crippen molar-refractivity contribution in [3.05, 3.63) is 0 Å². The molecule has 0 aromatic rings. The molecule has 0 saturated carbocycles. The van der Waals surface area contributed by atoms with E-state index < -0.39 is 5.60 Å². The largest absolute Gasteiger partial charge is 0.383 e. The molecule has 0 aromatic carbocycles. The fourth-order valence-corrected chi connectivity index (χ4v) is 1.25. The van der Waals surface area contributed by atoms with Gasteiger partial charge < -0.3 is 15.6 Å². The van der Waals surface area contributed by atoms with E-state index in [2.05, 4.69) is 13.8 Å². The zero-order valence-electron chi connectivity index (χ0n) is 7.21. The second-order valence-electron chi connectivity index (χ2n) is 3.83. The Kier molecular flexibility index (Phi) is 2.52. The van der Waals surface area contributed by atoms with Gasteiger partial charge in [0.1, 0.15) is 5.60 Å². The van der Waals surface area contributed by atoms with Crippen molar-refractivity contribution in [1.82, 2.24) is 0 Å². The van der Waals surface area contributed by atoms with E-state index in [0.717, 1.165) is 6.42 Å². The Bertz CT molecular complexity index is 132. The van der Waals surface area contributed by atoms with Crippen LogP contribution in [0.3, 0.4) is 0 Å². The maximum atomic E-state index is 9.68. The summed E-state index contributed by atoms with van der Waals surface area (Å²) in [5, 5.41) is 9.68. The minimum Gasteiger partial charge on any atom is -0.383 e. The third-order valence-corrected chi connectivity index (χ3v) is 2.12. The van der Waals surface area contributed by atoms with Crippen molar-refractivity contribution in [1.29, 1.82) is 0 Å². The van der Waals surface area contributed by atoms with Gasteiger partial charge in [0, 0.05) is 6.04 Å². The van der Waals surface area contributed by atoms with Gasteiger partial charge in [0.15, 0.2) is 0 Å². The number of nitrogens with two attached hydrogens (primary N) is 1. The Balaban J connectivity index is 2.34. The molecular weight excluding hydrogens is 142 g/mol. The first-order chi connectivity index (χ1) is 5.04. The van der Waals surface area contributed by atoms with Crippen molar-refractivity contribution >= 4 is 0 Å². The fourth-order valence-electron chi connectivity index (χ4n) is 1.25. The van der Waals surface area contributed by atoms with Gasteiger partial charge in [0.25, 0.3) is 0 Å².